The van der Waals surface area contributed by atoms with Crippen molar-refractivity contribution in [1.82, 2.24) is 19.7 Å². The topological polar surface area (TPSA) is 115 Å². The number of aryl methyl sites for hydroxylation is 1. The second-order valence-electron chi connectivity index (χ2n) is 8.52. The van der Waals surface area contributed by atoms with Crippen molar-refractivity contribution in [3.05, 3.63) is 88.0 Å². The zero-order valence-corrected chi connectivity index (χ0v) is 19.6. The van der Waals surface area contributed by atoms with Gasteiger partial charge in [0.15, 0.2) is 5.76 Å². The number of nitrogens with zero attached hydrogens (tertiary/aromatic N) is 3. The molecule has 1 aliphatic carbocycles. The van der Waals surface area contributed by atoms with E-state index >= 15 is 0 Å². The summed E-state index contributed by atoms with van der Waals surface area (Å²) in [6.45, 7) is 2.29. The lowest BCUT2D eigenvalue weighted by Gasteiger charge is -2.14. The lowest BCUT2D eigenvalue weighted by atomic mass is 10.0. The average Bonchev–Trinajstić information content (AvgIpc) is 3.65. The minimum absolute atomic E-state index is 0.187. The van der Waals surface area contributed by atoms with Crippen LogP contribution >= 0.6 is 0 Å². The standard InChI is InChI=1S/C27H23N5O4/c1-2-35-22-13-12-16-7-3-4-8-17(16)24(22)26(34)29-23-15-20(21-11-6-14-36-21)31-32(23)27-28-19-10-5-9-18(19)25(33)30-27/h3-4,6-8,11-15H,2,5,9-10H2,1H3,(H,29,34)(H,28,30,33). The van der Waals surface area contributed by atoms with E-state index < -0.39 is 0 Å². The number of H-pyrrole nitrogens is 1. The van der Waals surface area contributed by atoms with Gasteiger partial charge in [0.2, 0.25) is 5.95 Å². The van der Waals surface area contributed by atoms with Gasteiger partial charge in [-0.1, -0.05) is 30.3 Å². The van der Waals surface area contributed by atoms with Gasteiger partial charge in [0, 0.05) is 11.6 Å². The van der Waals surface area contributed by atoms with E-state index in [-0.39, 0.29) is 17.4 Å². The molecule has 0 bridgehead atoms. The van der Waals surface area contributed by atoms with Crippen LogP contribution in [0.4, 0.5) is 5.82 Å². The molecule has 6 rings (SSSR count). The number of fused-ring (bicyclic) bond motifs is 2. The summed E-state index contributed by atoms with van der Waals surface area (Å²) in [7, 11) is 0. The van der Waals surface area contributed by atoms with Gasteiger partial charge in [0.25, 0.3) is 11.5 Å². The molecule has 0 unspecified atom stereocenters. The molecule has 0 fully saturated rings. The molecule has 36 heavy (non-hydrogen) atoms. The van der Waals surface area contributed by atoms with E-state index in [1.54, 1.807) is 30.5 Å². The van der Waals surface area contributed by atoms with Crippen LogP contribution in [0.2, 0.25) is 0 Å². The lowest BCUT2D eigenvalue weighted by Crippen LogP contribution is -2.21. The summed E-state index contributed by atoms with van der Waals surface area (Å²) in [6, 6.07) is 16.6. The first-order chi connectivity index (χ1) is 17.6. The fourth-order valence-electron chi connectivity index (χ4n) is 4.65. The van der Waals surface area contributed by atoms with Crippen molar-refractivity contribution in [3.63, 3.8) is 0 Å². The van der Waals surface area contributed by atoms with E-state index in [9.17, 15) is 9.59 Å². The Balaban J connectivity index is 1.47. The van der Waals surface area contributed by atoms with Gasteiger partial charge in [0.05, 0.1) is 24.1 Å². The molecule has 2 N–H and O–H groups in total. The van der Waals surface area contributed by atoms with Gasteiger partial charge in [0.1, 0.15) is 17.3 Å². The van der Waals surface area contributed by atoms with Crippen molar-refractivity contribution >= 4 is 22.5 Å². The minimum atomic E-state index is -0.370. The maximum Gasteiger partial charge on any atom is 0.261 e. The Morgan fingerprint density at radius 1 is 1.17 bits per heavy atom. The second-order valence-corrected chi connectivity index (χ2v) is 8.52. The SMILES string of the molecule is CCOc1ccc2ccccc2c1C(=O)Nc1cc(-c2ccco2)nn1-c1nc2c(c(=O)[nH]1)CCC2. The molecular weight excluding hydrogens is 458 g/mol. The number of carbonyl (C=O) groups excluding carboxylic acids is 1. The summed E-state index contributed by atoms with van der Waals surface area (Å²) in [5.41, 5.74) is 2.18. The Hall–Kier alpha value is -4.66. The van der Waals surface area contributed by atoms with Crippen molar-refractivity contribution in [2.75, 3.05) is 11.9 Å². The van der Waals surface area contributed by atoms with Crippen molar-refractivity contribution < 1.29 is 13.9 Å². The molecule has 0 radical (unpaired) electrons. The Bertz CT molecular complexity index is 1650. The zero-order chi connectivity index (χ0) is 24.6. The summed E-state index contributed by atoms with van der Waals surface area (Å²) in [5, 5.41) is 9.25. The van der Waals surface area contributed by atoms with Crippen LogP contribution in [0.1, 0.15) is 35.0 Å². The molecule has 5 aromatic rings. The molecular formula is C27H23N5O4. The maximum atomic E-state index is 13.7. The number of aromatic amines is 1. The number of rotatable bonds is 6. The predicted molar refractivity (Wildman–Crippen MR) is 135 cm³/mol. The van der Waals surface area contributed by atoms with E-state index in [1.165, 1.54) is 4.68 Å². The van der Waals surface area contributed by atoms with Crippen LogP contribution in [0, 0.1) is 0 Å². The summed E-state index contributed by atoms with van der Waals surface area (Å²) >= 11 is 0. The van der Waals surface area contributed by atoms with Gasteiger partial charge in [-0.15, -0.1) is 0 Å². The number of ether oxygens (including phenoxy) is 1. The van der Waals surface area contributed by atoms with Gasteiger partial charge in [-0.2, -0.15) is 9.78 Å². The highest BCUT2D eigenvalue weighted by atomic mass is 16.5. The Morgan fingerprint density at radius 2 is 2.06 bits per heavy atom. The normalized spacial score (nSPS) is 12.6. The molecule has 2 aromatic carbocycles. The molecule has 1 amide bonds. The van der Waals surface area contributed by atoms with Crippen LogP contribution in [0.3, 0.4) is 0 Å². The van der Waals surface area contributed by atoms with Crippen LogP contribution in [0.5, 0.6) is 5.75 Å². The number of hydrogen-bond acceptors (Lipinski definition) is 6. The zero-order valence-electron chi connectivity index (χ0n) is 19.6. The van der Waals surface area contributed by atoms with Gasteiger partial charge in [-0.25, -0.2) is 4.98 Å². The molecule has 0 saturated heterocycles. The van der Waals surface area contributed by atoms with Crippen LogP contribution < -0.4 is 15.6 Å². The number of amides is 1. The van der Waals surface area contributed by atoms with Crippen molar-refractivity contribution in [2.45, 2.75) is 26.2 Å². The van der Waals surface area contributed by atoms with Crippen molar-refractivity contribution in [2.24, 2.45) is 0 Å². The summed E-state index contributed by atoms with van der Waals surface area (Å²) in [6.07, 6.45) is 3.87. The Labute approximate surface area is 205 Å². The summed E-state index contributed by atoms with van der Waals surface area (Å²) < 4.78 is 12.7. The smallest absolute Gasteiger partial charge is 0.261 e. The number of furan rings is 1. The van der Waals surface area contributed by atoms with Crippen molar-refractivity contribution in [1.29, 1.82) is 0 Å². The molecule has 1 aliphatic rings. The molecule has 9 nitrogen and oxygen atoms in total. The highest BCUT2D eigenvalue weighted by molar-refractivity contribution is 6.15. The molecule has 0 atom stereocenters. The first-order valence-corrected chi connectivity index (χ1v) is 11.8. The summed E-state index contributed by atoms with van der Waals surface area (Å²) in [4.78, 5) is 33.9. The number of benzene rings is 2. The largest absolute Gasteiger partial charge is 0.493 e. The fourth-order valence-corrected chi connectivity index (χ4v) is 4.65. The number of anilines is 1. The van der Waals surface area contributed by atoms with E-state index in [1.807, 2.05) is 37.3 Å². The number of nitrogens with one attached hydrogen (secondary N) is 2. The van der Waals surface area contributed by atoms with Crippen molar-refractivity contribution in [3.8, 4) is 23.2 Å². The third-order valence-electron chi connectivity index (χ3n) is 6.27. The maximum absolute atomic E-state index is 13.7. The number of hydrogen-bond donors (Lipinski definition) is 2. The monoisotopic (exact) mass is 481 g/mol. The quantitative estimate of drug-likeness (QED) is 0.369. The Kier molecular flexibility index (Phi) is 5.37. The van der Waals surface area contributed by atoms with Crippen LogP contribution in [0.15, 0.2) is 70.1 Å². The second kappa shape index (κ2) is 8.84. The molecule has 0 spiro atoms. The van der Waals surface area contributed by atoms with E-state index in [4.69, 9.17) is 9.15 Å². The number of carbonyl (C=O) groups is 1. The molecule has 3 aromatic heterocycles. The van der Waals surface area contributed by atoms with Gasteiger partial charge >= 0.3 is 0 Å². The highest BCUT2D eigenvalue weighted by Gasteiger charge is 2.23. The van der Waals surface area contributed by atoms with E-state index in [0.717, 1.165) is 29.3 Å². The first-order valence-electron chi connectivity index (χ1n) is 11.8. The first kappa shape index (κ1) is 21.8. The third-order valence-corrected chi connectivity index (χ3v) is 6.27. The average molecular weight is 482 g/mol. The number of aromatic nitrogens is 4. The lowest BCUT2D eigenvalue weighted by molar-refractivity contribution is 0.102. The molecule has 0 saturated carbocycles. The third kappa shape index (κ3) is 3.74. The fraction of sp³-hybridized carbons (Fsp3) is 0.185. The molecule has 9 heteroatoms. The van der Waals surface area contributed by atoms with Crippen LogP contribution in [-0.2, 0) is 12.8 Å². The molecule has 180 valence electrons. The van der Waals surface area contributed by atoms with Crippen LogP contribution in [0.25, 0.3) is 28.2 Å². The molecule has 3 heterocycles. The van der Waals surface area contributed by atoms with E-state index in [2.05, 4.69) is 20.4 Å². The Morgan fingerprint density at radius 3 is 2.89 bits per heavy atom. The van der Waals surface area contributed by atoms with Gasteiger partial charge in [-0.05, 0) is 55.2 Å². The predicted octanol–water partition coefficient (Wildman–Crippen LogP) is 4.51. The molecule has 0 aliphatic heterocycles. The van der Waals surface area contributed by atoms with E-state index in [0.29, 0.717) is 47.2 Å². The highest BCUT2D eigenvalue weighted by Crippen LogP contribution is 2.31. The minimum Gasteiger partial charge on any atom is -0.493 e. The van der Waals surface area contributed by atoms with Crippen LogP contribution in [-0.4, -0.2) is 32.3 Å². The van der Waals surface area contributed by atoms with Gasteiger partial charge in [-0.3, -0.25) is 14.6 Å². The summed E-state index contributed by atoms with van der Waals surface area (Å²) in [5.74, 6) is 1.20. The van der Waals surface area contributed by atoms with Gasteiger partial charge < -0.3 is 14.5 Å².